The summed E-state index contributed by atoms with van der Waals surface area (Å²) in [6.45, 7) is 12.0. The Balaban J connectivity index is 1.67. The first-order chi connectivity index (χ1) is 10.3. The molecule has 118 valence electrons. The molecule has 1 unspecified atom stereocenters. The number of fused-ring (bicyclic) bond motifs is 2. The van der Waals surface area contributed by atoms with E-state index in [4.69, 9.17) is 0 Å². The van der Waals surface area contributed by atoms with Crippen LogP contribution in [0.2, 0.25) is 19.1 Å². The van der Waals surface area contributed by atoms with Crippen LogP contribution in [-0.4, -0.2) is 8.07 Å². The lowest BCUT2D eigenvalue weighted by molar-refractivity contribution is -0.0862. The van der Waals surface area contributed by atoms with Gasteiger partial charge in [-0.25, -0.2) is 0 Å². The van der Waals surface area contributed by atoms with Gasteiger partial charge in [-0.1, -0.05) is 56.2 Å². The van der Waals surface area contributed by atoms with Crippen LogP contribution in [0.4, 0.5) is 0 Å². The van der Waals surface area contributed by atoms with Crippen molar-refractivity contribution in [1.82, 2.24) is 0 Å². The first-order valence-corrected chi connectivity index (χ1v) is 12.1. The molecule has 0 amide bonds. The van der Waals surface area contributed by atoms with Crippen LogP contribution in [0.3, 0.4) is 0 Å². The summed E-state index contributed by atoms with van der Waals surface area (Å²) >= 11 is 0. The molecule has 3 atom stereocenters. The fourth-order valence-electron chi connectivity index (χ4n) is 4.98. The lowest BCUT2D eigenvalue weighted by atomic mass is 9.47. The molecule has 4 rings (SSSR count). The van der Waals surface area contributed by atoms with Gasteiger partial charge in [-0.2, -0.15) is 0 Å². The van der Waals surface area contributed by atoms with Gasteiger partial charge in [0.25, 0.3) is 0 Å². The maximum atomic E-state index is 3.15. The summed E-state index contributed by atoms with van der Waals surface area (Å²) in [4.78, 5) is 0. The molecule has 1 aromatic rings. The zero-order valence-corrected chi connectivity index (χ0v) is 15.9. The molecule has 1 aromatic carbocycles. The molecule has 0 spiro atoms. The van der Waals surface area contributed by atoms with E-state index in [1.807, 2.05) is 6.92 Å². The highest BCUT2D eigenvalue weighted by Gasteiger charge is 2.53. The normalized spacial score (nSPS) is 29.2. The number of hydrogen-bond acceptors (Lipinski definition) is 0. The molecule has 22 heavy (non-hydrogen) atoms. The van der Waals surface area contributed by atoms with Crippen molar-refractivity contribution in [2.24, 2.45) is 23.2 Å². The van der Waals surface area contributed by atoms with Crippen molar-refractivity contribution < 1.29 is 0 Å². The van der Waals surface area contributed by atoms with Gasteiger partial charge in [0.1, 0.15) is 0 Å². The van der Waals surface area contributed by atoms with Gasteiger partial charge in [0.05, 0.1) is 8.07 Å². The van der Waals surface area contributed by atoms with E-state index in [9.17, 15) is 0 Å². The fraction of sp³-hybridized carbons (Fsp3) is 0.619. The molecular formula is C21H30Si. The topological polar surface area (TPSA) is 0 Å². The van der Waals surface area contributed by atoms with Crippen LogP contribution < -0.4 is 5.19 Å². The van der Waals surface area contributed by atoms with Crippen LogP contribution in [0.1, 0.15) is 45.6 Å². The zero-order chi connectivity index (χ0) is 16.0. The van der Waals surface area contributed by atoms with Gasteiger partial charge >= 0.3 is 0 Å². The average Bonchev–Trinajstić information content (AvgIpc) is 2.48. The van der Waals surface area contributed by atoms with E-state index >= 15 is 0 Å². The Morgan fingerprint density at radius 2 is 1.64 bits per heavy atom. The highest BCUT2D eigenvalue weighted by Crippen LogP contribution is 2.61. The van der Waals surface area contributed by atoms with Crippen LogP contribution in [0.15, 0.2) is 24.3 Å². The van der Waals surface area contributed by atoms with E-state index in [1.165, 1.54) is 25.3 Å². The Morgan fingerprint density at radius 1 is 1.05 bits per heavy atom. The molecule has 3 aliphatic rings. The molecule has 0 N–H and O–H groups in total. The minimum absolute atomic E-state index is 0.642. The minimum Gasteiger partial charge on any atom is -0.101 e. The Kier molecular flexibility index (Phi) is 4.02. The van der Waals surface area contributed by atoms with E-state index in [-0.39, 0.29) is 0 Å². The van der Waals surface area contributed by atoms with Crippen molar-refractivity contribution in [3.63, 3.8) is 0 Å². The first kappa shape index (κ1) is 15.9. The Labute approximate surface area is 137 Å². The van der Waals surface area contributed by atoms with Gasteiger partial charge in [-0.05, 0) is 61.5 Å². The van der Waals surface area contributed by atoms with E-state index in [1.54, 1.807) is 5.19 Å². The molecule has 0 aromatic heterocycles. The second kappa shape index (κ2) is 5.57. The van der Waals surface area contributed by atoms with E-state index in [0.29, 0.717) is 5.41 Å². The third kappa shape index (κ3) is 2.79. The molecule has 3 fully saturated rings. The minimum atomic E-state index is -1.32. The van der Waals surface area contributed by atoms with E-state index in [0.717, 1.165) is 23.3 Å². The summed E-state index contributed by atoms with van der Waals surface area (Å²) in [6, 6.07) is 10.6. The maximum Gasteiger partial charge on any atom is 0.0809 e. The molecule has 1 heteroatoms. The van der Waals surface area contributed by atoms with Crippen molar-refractivity contribution in [2.75, 3.05) is 0 Å². The number of benzene rings is 1. The van der Waals surface area contributed by atoms with Crippen LogP contribution >= 0.6 is 0 Å². The molecule has 2 bridgehead atoms. The van der Waals surface area contributed by atoms with Crippen LogP contribution in [0, 0.1) is 35.0 Å². The van der Waals surface area contributed by atoms with Gasteiger partial charge in [-0.15, -0.1) is 5.92 Å². The summed E-state index contributed by atoms with van der Waals surface area (Å²) in [5.41, 5.74) is 1.79. The van der Waals surface area contributed by atoms with E-state index in [2.05, 4.69) is 63.0 Å². The smallest absolute Gasteiger partial charge is 0.0809 e. The fourth-order valence-corrected chi connectivity index (χ4v) is 8.06. The molecule has 3 aliphatic carbocycles. The second-order valence-electron chi connectivity index (χ2n) is 8.83. The predicted molar refractivity (Wildman–Crippen MR) is 99.0 cm³/mol. The third-order valence-electron chi connectivity index (χ3n) is 6.64. The highest BCUT2D eigenvalue weighted by atomic mass is 28.3. The van der Waals surface area contributed by atoms with Gasteiger partial charge < -0.3 is 0 Å². The van der Waals surface area contributed by atoms with Crippen LogP contribution in [0.5, 0.6) is 0 Å². The lowest BCUT2D eigenvalue weighted by Crippen LogP contribution is -2.52. The van der Waals surface area contributed by atoms with Crippen LogP contribution in [0.25, 0.3) is 0 Å². The first-order valence-electron chi connectivity index (χ1n) is 8.86. The quantitative estimate of drug-likeness (QED) is 0.541. The SMILES string of the molecule is CC#Cc1ccc([Si](C)(C)CC2C[C@@H]3C[C@H](C2)C3(C)C)cc1. The van der Waals surface area contributed by atoms with Gasteiger partial charge in [-0.3, -0.25) is 0 Å². The molecule has 0 aliphatic heterocycles. The van der Waals surface area contributed by atoms with E-state index < -0.39 is 8.07 Å². The van der Waals surface area contributed by atoms with Gasteiger partial charge in [0.2, 0.25) is 0 Å². The molecule has 0 heterocycles. The van der Waals surface area contributed by atoms with Crippen molar-refractivity contribution in [3.8, 4) is 11.8 Å². The van der Waals surface area contributed by atoms with Crippen molar-refractivity contribution in [2.45, 2.75) is 59.2 Å². The summed E-state index contributed by atoms with van der Waals surface area (Å²) in [6.07, 6.45) is 4.48. The predicted octanol–water partition coefficient (Wildman–Crippen LogP) is 5.05. The highest BCUT2D eigenvalue weighted by molar-refractivity contribution is 6.89. The molecule has 0 saturated heterocycles. The Hall–Kier alpha value is -1.00. The summed E-state index contributed by atoms with van der Waals surface area (Å²) in [7, 11) is -1.32. The van der Waals surface area contributed by atoms with Crippen molar-refractivity contribution in [1.29, 1.82) is 0 Å². The maximum absolute atomic E-state index is 3.15. The lowest BCUT2D eigenvalue weighted by Gasteiger charge is -2.59. The number of rotatable bonds is 3. The summed E-state index contributed by atoms with van der Waals surface area (Å²) in [5, 5.41) is 1.60. The monoisotopic (exact) mass is 310 g/mol. The van der Waals surface area contributed by atoms with Crippen LogP contribution in [-0.2, 0) is 0 Å². The molecule has 0 nitrogen and oxygen atoms in total. The average molecular weight is 311 g/mol. The summed E-state index contributed by atoms with van der Waals surface area (Å²) in [5.74, 6) is 9.13. The standard InChI is InChI=1S/C21H30Si/c1-6-7-16-8-10-20(11-9-16)22(4,5)15-17-12-18-14-19(13-17)21(18,2)3/h8-11,17-19H,12-15H2,1-5H3/t17?,18-,19+. The summed E-state index contributed by atoms with van der Waals surface area (Å²) < 4.78 is 0. The van der Waals surface area contributed by atoms with Gasteiger partial charge in [0, 0.05) is 5.56 Å². The molecule has 0 radical (unpaired) electrons. The van der Waals surface area contributed by atoms with Gasteiger partial charge in [0.15, 0.2) is 0 Å². The Bertz CT molecular complexity index is 583. The second-order valence-corrected chi connectivity index (χ2v) is 13.6. The van der Waals surface area contributed by atoms with Crippen molar-refractivity contribution in [3.05, 3.63) is 29.8 Å². The zero-order valence-electron chi connectivity index (χ0n) is 14.9. The third-order valence-corrected chi connectivity index (χ3v) is 10.1. The molecular weight excluding hydrogens is 280 g/mol. The Morgan fingerprint density at radius 3 is 2.14 bits per heavy atom. The number of hydrogen-bond donors (Lipinski definition) is 0. The molecule has 3 saturated carbocycles. The van der Waals surface area contributed by atoms with Crippen molar-refractivity contribution >= 4 is 13.3 Å². The largest absolute Gasteiger partial charge is 0.101 e.